The lowest BCUT2D eigenvalue weighted by atomic mass is 9.93. The van der Waals surface area contributed by atoms with E-state index < -0.39 is 0 Å². The molecule has 0 bridgehead atoms. The number of benzene rings is 1. The molecule has 0 heterocycles. The minimum atomic E-state index is 0.386. The first kappa shape index (κ1) is 13.6. The third kappa shape index (κ3) is 3.00. The van der Waals surface area contributed by atoms with Crippen molar-refractivity contribution in [2.75, 3.05) is 7.11 Å². The van der Waals surface area contributed by atoms with Gasteiger partial charge in [-0.2, -0.15) is 0 Å². The minimum absolute atomic E-state index is 0.386. The van der Waals surface area contributed by atoms with Crippen molar-refractivity contribution in [1.82, 2.24) is 0 Å². The quantitative estimate of drug-likeness (QED) is 0.701. The highest BCUT2D eigenvalue weighted by Crippen LogP contribution is 2.39. The summed E-state index contributed by atoms with van der Waals surface area (Å²) in [4.78, 5) is 0.386. The van der Waals surface area contributed by atoms with Crippen LogP contribution in [0, 0.1) is 12.8 Å². The summed E-state index contributed by atoms with van der Waals surface area (Å²) in [5.74, 6) is 1.65. The third-order valence-electron chi connectivity index (χ3n) is 3.14. The van der Waals surface area contributed by atoms with Gasteiger partial charge in [0.15, 0.2) is 0 Å². The molecule has 1 rings (SSSR count). The molecule has 0 amide bonds. The fourth-order valence-corrected chi connectivity index (χ4v) is 3.13. The lowest BCUT2D eigenvalue weighted by Crippen LogP contribution is -2.07. The lowest BCUT2D eigenvalue weighted by Gasteiger charge is -2.22. The molecule has 90 valence electrons. The van der Waals surface area contributed by atoms with E-state index in [1.807, 2.05) is 0 Å². The standard InChI is InChI=1S/C14H21BrO/c1-5-11(6-2)14(15)12-9-10(3)7-8-13(12)16-4/h7-9,11,14H,5-6H2,1-4H3. The Hall–Kier alpha value is -0.500. The van der Waals surface area contributed by atoms with Gasteiger partial charge in [0.1, 0.15) is 5.75 Å². The summed E-state index contributed by atoms with van der Waals surface area (Å²) in [5.41, 5.74) is 2.56. The summed E-state index contributed by atoms with van der Waals surface area (Å²) >= 11 is 3.82. The van der Waals surface area contributed by atoms with Gasteiger partial charge in [-0.3, -0.25) is 0 Å². The highest BCUT2D eigenvalue weighted by molar-refractivity contribution is 9.09. The zero-order chi connectivity index (χ0) is 12.1. The Morgan fingerprint density at radius 2 is 1.88 bits per heavy atom. The molecule has 0 saturated carbocycles. The van der Waals surface area contributed by atoms with Gasteiger partial charge >= 0.3 is 0 Å². The average Bonchev–Trinajstić information content (AvgIpc) is 2.30. The van der Waals surface area contributed by atoms with Crippen molar-refractivity contribution >= 4 is 15.9 Å². The fraction of sp³-hybridized carbons (Fsp3) is 0.571. The highest BCUT2D eigenvalue weighted by Gasteiger charge is 2.20. The Balaban J connectivity index is 3.04. The van der Waals surface area contributed by atoms with Crippen molar-refractivity contribution in [2.45, 2.75) is 38.4 Å². The van der Waals surface area contributed by atoms with Gasteiger partial charge in [-0.1, -0.05) is 60.3 Å². The number of rotatable bonds is 5. The van der Waals surface area contributed by atoms with Crippen molar-refractivity contribution in [3.63, 3.8) is 0 Å². The van der Waals surface area contributed by atoms with Gasteiger partial charge in [-0.15, -0.1) is 0 Å². The Morgan fingerprint density at radius 1 is 1.25 bits per heavy atom. The first-order valence-electron chi connectivity index (χ1n) is 5.92. The van der Waals surface area contributed by atoms with E-state index in [9.17, 15) is 0 Å². The topological polar surface area (TPSA) is 9.23 Å². The number of alkyl halides is 1. The zero-order valence-corrected chi connectivity index (χ0v) is 12.2. The molecule has 1 unspecified atom stereocenters. The predicted molar refractivity (Wildman–Crippen MR) is 73.5 cm³/mol. The van der Waals surface area contributed by atoms with Crippen LogP contribution < -0.4 is 4.74 Å². The van der Waals surface area contributed by atoms with E-state index >= 15 is 0 Å². The van der Waals surface area contributed by atoms with Gasteiger partial charge in [0.25, 0.3) is 0 Å². The second-order valence-corrected chi connectivity index (χ2v) is 5.21. The number of hydrogen-bond acceptors (Lipinski definition) is 1. The van der Waals surface area contributed by atoms with E-state index in [-0.39, 0.29) is 0 Å². The molecule has 0 saturated heterocycles. The minimum Gasteiger partial charge on any atom is -0.496 e. The molecule has 1 aromatic carbocycles. The van der Waals surface area contributed by atoms with Crippen LogP contribution in [0.2, 0.25) is 0 Å². The smallest absolute Gasteiger partial charge is 0.123 e. The Kier molecular flexibility index (Phi) is 5.33. The molecule has 0 aliphatic rings. The monoisotopic (exact) mass is 284 g/mol. The van der Waals surface area contributed by atoms with Gasteiger partial charge in [-0.25, -0.2) is 0 Å². The molecule has 16 heavy (non-hydrogen) atoms. The van der Waals surface area contributed by atoms with Gasteiger partial charge in [0.2, 0.25) is 0 Å². The van der Waals surface area contributed by atoms with Crippen molar-refractivity contribution in [3.8, 4) is 5.75 Å². The largest absolute Gasteiger partial charge is 0.496 e. The molecule has 0 spiro atoms. The normalized spacial score (nSPS) is 12.9. The Morgan fingerprint density at radius 3 is 2.38 bits per heavy atom. The van der Waals surface area contributed by atoms with Crippen LogP contribution in [0.1, 0.15) is 42.6 Å². The third-order valence-corrected chi connectivity index (χ3v) is 4.39. The molecule has 0 fully saturated rings. The van der Waals surface area contributed by atoms with E-state index in [1.54, 1.807) is 7.11 Å². The van der Waals surface area contributed by atoms with Gasteiger partial charge < -0.3 is 4.74 Å². The number of ether oxygens (including phenoxy) is 1. The number of aryl methyl sites for hydroxylation is 1. The van der Waals surface area contributed by atoms with Gasteiger partial charge in [0, 0.05) is 10.4 Å². The molecule has 2 heteroatoms. The average molecular weight is 285 g/mol. The van der Waals surface area contributed by atoms with Crippen LogP contribution in [0.5, 0.6) is 5.75 Å². The molecular formula is C14H21BrO. The summed E-state index contributed by atoms with van der Waals surface area (Å²) in [6.07, 6.45) is 2.37. The summed E-state index contributed by atoms with van der Waals surface area (Å²) in [5, 5.41) is 0. The molecule has 1 nitrogen and oxygen atoms in total. The van der Waals surface area contributed by atoms with Crippen LogP contribution in [0.25, 0.3) is 0 Å². The molecule has 1 atom stereocenters. The predicted octanol–water partition coefficient (Wildman–Crippen LogP) is 4.88. The summed E-state index contributed by atoms with van der Waals surface area (Å²) in [6.45, 7) is 6.60. The van der Waals surface area contributed by atoms with E-state index in [0.29, 0.717) is 10.7 Å². The summed E-state index contributed by atoms with van der Waals surface area (Å²) < 4.78 is 5.43. The number of hydrogen-bond donors (Lipinski definition) is 0. The first-order valence-corrected chi connectivity index (χ1v) is 6.84. The Bertz CT molecular complexity index is 332. The first-order chi connectivity index (χ1) is 7.63. The van der Waals surface area contributed by atoms with E-state index in [2.05, 4.69) is 54.9 Å². The maximum Gasteiger partial charge on any atom is 0.123 e. The summed E-state index contributed by atoms with van der Waals surface area (Å²) in [6, 6.07) is 6.37. The van der Waals surface area contributed by atoms with Crippen LogP contribution >= 0.6 is 15.9 Å². The molecule has 0 aliphatic carbocycles. The molecule has 0 aromatic heterocycles. The van der Waals surface area contributed by atoms with Crippen molar-refractivity contribution in [1.29, 1.82) is 0 Å². The molecular weight excluding hydrogens is 264 g/mol. The van der Waals surface area contributed by atoms with Crippen LogP contribution in [-0.4, -0.2) is 7.11 Å². The second kappa shape index (κ2) is 6.29. The number of methoxy groups -OCH3 is 1. The van der Waals surface area contributed by atoms with Gasteiger partial charge in [0.05, 0.1) is 7.11 Å². The maximum atomic E-state index is 5.43. The fourth-order valence-electron chi connectivity index (χ4n) is 2.03. The zero-order valence-electron chi connectivity index (χ0n) is 10.6. The van der Waals surface area contributed by atoms with Crippen molar-refractivity contribution in [2.24, 2.45) is 5.92 Å². The molecule has 0 N–H and O–H groups in total. The molecule has 1 aromatic rings. The number of halogens is 1. The molecule has 0 radical (unpaired) electrons. The lowest BCUT2D eigenvalue weighted by molar-refractivity contribution is 0.400. The maximum absolute atomic E-state index is 5.43. The van der Waals surface area contributed by atoms with Crippen molar-refractivity contribution in [3.05, 3.63) is 29.3 Å². The SMILES string of the molecule is CCC(CC)C(Br)c1cc(C)ccc1OC. The second-order valence-electron chi connectivity index (χ2n) is 4.22. The van der Waals surface area contributed by atoms with E-state index in [0.717, 1.165) is 5.75 Å². The van der Waals surface area contributed by atoms with Crippen LogP contribution in [0.4, 0.5) is 0 Å². The van der Waals surface area contributed by atoms with Gasteiger partial charge in [-0.05, 0) is 18.9 Å². The Labute approximate surface area is 107 Å². The summed E-state index contributed by atoms with van der Waals surface area (Å²) in [7, 11) is 1.74. The van der Waals surface area contributed by atoms with E-state index in [1.165, 1.54) is 24.0 Å². The molecule has 0 aliphatic heterocycles. The van der Waals surface area contributed by atoms with Crippen LogP contribution in [0.3, 0.4) is 0 Å². The van der Waals surface area contributed by atoms with Crippen LogP contribution in [-0.2, 0) is 0 Å². The van der Waals surface area contributed by atoms with Crippen molar-refractivity contribution < 1.29 is 4.74 Å². The van der Waals surface area contributed by atoms with Crippen LogP contribution in [0.15, 0.2) is 18.2 Å². The van der Waals surface area contributed by atoms with E-state index in [4.69, 9.17) is 4.74 Å². The highest BCUT2D eigenvalue weighted by atomic mass is 79.9.